The average Bonchev–Trinajstić information content (AvgIpc) is 3.61. The number of hydrogen-bond acceptors (Lipinski definition) is 5. The highest BCUT2D eigenvalue weighted by Gasteiger charge is 2.54. The molecule has 45 heavy (non-hydrogen) atoms. The van der Waals surface area contributed by atoms with Gasteiger partial charge in [-0.25, -0.2) is 27.9 Å². The Hall–Kier alpha value is -4.70. The molecule has 2 aliphatic heterocycles. The van der Waals surface area contributed by atoms with Crippen LogP contribution in [0.5, 0.6) is 5.88 Å². The van der Waals surface area contributed by atoms with Gasteiger partial charge in [0.1, 0.15) is 29.9 Å². The van der Waals surface area contributed by atoms with Gasteiger partial charge in [0.15, 0.2) is 0 Å². The number of nitrogens with zero attached hydrogens (tertiary/aromatic N) is 4. The van der Waals surface area contributed by atoms with Crippen LogP contribution < -0.4 is 4.74 Å². The van der Waals surface area contributed by atoms with Gasteiger partial charge in [-0.05, 0) is 86.3 Å². The van der Waals surface area contributed by atoms with Gasteiger partial charge in [-0.2, -0.15) is 0 Å². The van der Waals surface area contributed by atoms with E-state index in [2.05, 4.69) is 16.9 Å². The smallest absolute Gasteiger partial charge is 0.335 e. The fraction of sp³-hybridized carbons (Fsp3) is 0.286. The van der Waals surface area contributed by atoms with Crippen molar-refractivity contribution in [2.45, 2.75) is 44.9 Å². The van der Waals surface area contributed by atoms with E-state index in [1.807, 2.05) is 4.57 Å². The van der Waals surface area contributed by atoms with E-state index in [0.717, 1.165) is 37.1 Å². The summed E-state index contributed by atoms with van der Waals surface area (Å²) in [6.07, 6.45) is 2.09. The normalized spacial score (nSPS) is 19.2. The predicted octanol–water partition coefficient (Wildman–Crippen LogP) is 6.79. The van der Waals surface area contributed by atoms with Gasteiger partial charge in [0, 0.05) is 42.2 Å². The second-order valence-corrected chi connectivity index (χ2v) is 12.3. The Morgan fingerprint density at radius 3 is 2.51 bits per heavy atom. The summed E-state index contributed by atoms with van der Waals surface area (Å²) in [6.45, 7) is 3.32. The van der Waals surface area contributed by atoms with Crippen molar-refractivity contribution in [2.75, 3.05) is 13.6 Å². The second-order valence-electron chi connectivity index (χ2n) is 12.3. The van der Waals surface area contributed by atoms with Crippen molar-refractivity contribution >= 4 is 17.0 Å². The third-order valence-electron chi connectivity index (χ3n) is 9.27. The minimum atomic E-state index is -1.04. The Balaban J connectivity index is 1.18. The number of aromatic carboxylic acids is 1. The number of halogens is 3. The quantitative estimate of drug-likeness (QED) is 0.198. The molecule has 0 unspecified atom stereocenters. The summed E-state index contributed by atoms with van der Waals surface area (Å²) in [5, 5.41) is 9.61. The van der Waals surface area contributed by atoms with Crippen LogP contribution in [0.3, 0.4) is 0 Å². The molecule has 8 rings (SSSR count). The largest absolute Gasteiger partial charge is 0.478 e. The van der Waals surface area contributed by atoms with Gasteiger partial charge in [-0.1, -0.05) is 18.2 Å². The Kier molecular flexibility index (Phi) is 7.12. The topological polar surface area (TPSA) is 80.5 Å². The van der Waals surface area contributed by atoms with E-state index in [0.29, 0.717) is 34.9 Å². The highest BCUT2D eigenvalue weighted by Crippen LogP contribution is 2.51. The lowest BCUT2D eigenvalue weighted by atomic mass is 9.73. The van der Waals surface area contributed by atoms with Crippen molar-refractivity contribution in [1.29, 1.82) is 0 Å². The van der Waals surface area contributed by atoms with Crippen molar-refractivity contribution in [3.63, 3.8) is 0 Å². The van der Waals surface area contributed by atoms with E-state index in [9.17, 15) is 14.3 Å². The van der Waals surface area contributed by atoms with Crippen molar-refractivity contribution in [3.05, 3.63) is 112 Å². The first-order valence-corrected chi connectivity index (χ1v) is 14.9. The van der Waals surface area contributed by atoms with Crippen LogP contribution in [0.25, 0.3) is 22.3 Å². The molecule has 4 heterocycles. The minimum absolute atomic E-state index is 0.0159. The third-order valence-corrected chi connectivity index (χ3v) is 9.27. The predicted molar refractivity (Wildman–Crippen MR) is 163 cm³/mol. The molecule has 230 valence electrons. The molecule has 1 aliphatic carbocycles. The molecule has 10 heteroatoms. The lowest BCUT2D eigenvalue weighted by Gasteiger charge is -2.42. The maximum Gasteiger partial charge on any atom is 0.335 e. The molecular formula is C35H31F3N4O3. The number of rotatable bonds is 9. The van der Waals surface area contributed by atoms with Crippen LogP contribution >= 0.6 is 0 Å². The molecule has 1 N–H and O–H groups in total. The zero-order valence-electron chi connectivity index (χ0n) is 24.9. The van der Waals surface area contributed by atoms with Gasteiger partial charge < -0.3 is 14.4 Å². The Morgan fingerprint density at radius 1 is 0.978 bits per heavy atom. The first-order chi connectivity index (χ1) is 21.6. The molecular weight excluding hydrogens is 581 g/mol. The Bertz CT molecular complexity index is 1970. The number of benzene rings is 3. The molecule has 0 radical (unpaired) electrons. The van der Waals surface area contributed by atoms with Crippen LogP contribution in [0.2, 0.25) is 0 Å². The number of hydrogen-bond donors (Lipinski definition) is 1. The highest BCUT2D eigenvalue weighted by molar-refractivity contribution is 5.92. The molecule has 0 atom stereocenters. The van der Waals surface area contributed by atoms with Gasteiger partial charge in [-0.15, -0.1) is 0 Å². The average molecular weight is 613 g/mol. The molecule has 0 amide bonds. The van der Waals surface area contributed by atoms with E-state index in [1.165, 1.54) is 12.1 Å². The van der Waals surface area contributed by atoms with E-state index >= 15 is 8.78 Å². The zero-order chi connectivity index (χ0) is 31.5. The molecule has 2 bridgehead atoms. The fourth-order valence-electron chi connectivity index (χ4n) is 6.85. The van der Waals surface area contributed by atoms with Gasteiger partial charge >= 0.3 is 5.97 Å². The summed E-state index contributed by atoms with van der Waals surface area (Å²) in [4.78, 5) is 23.2. The molecule has 2 aromatic heterocycles. The molecule has 2 saturated heterocycles. The fourth-order valence-corrected chi connectivity index (χ4v) is 6.85. The molecule has 5 aromatic rings. The maximum absolute atomic E-state index is 15.7. The second kappa shape index (κ2) is 11.0. The third kappa shape index (κ3) is 5.33. The standard InChI is InChI=1S/C35H31F3N4O3/c1-20-6-7-23(26(36)10-20)18-45-33-5-3-4-29(40-33)25-14-27(37)24(11-28(25)38)13-32-39-30-9-8-22(34(43)44)12-31(30)42(32)19-35-15-21(16-35)17-41(35)2/h3-12,14,21H,13,15-19H2,1-2H3,(H,43,44). The highest BCUT2D eigenvalue weighted by atomic mass is 19.1. The number of aromatic nitrogens is 3. The van der Waals surface area contributed by atoms with Crippen molar-refractivity contribution in [1.82, 2.24) is 19.4 Å². The Morgan fingerprint density at radius 2 is 1.78 bits per heavy atom. The van der Waals surface area contributed by atoms with E-state index < -0.39 is 23.4 Å². The molecule has 3 fully saturated rings. The summed E-state index contributed by atoms with van der Waals surface area (Å²) in [6, 6.07) is 16.6. The van der Waals surface area contributed by atoms with Crippen LogP contribution in [0, 0.1) is 30.3 Å². The number of imidazole rings is 1. The SMILES string of the molecule is Cc1ccc(COc2cccc(-c3cc(F)c(Cc4nc5ccc(C(=O)O)cc5n4CC45CC(CN4C)C5)cc3F)n2)c(F)c1. The molecule has 1 saturated carbocycles. The summed E-state index contributed by atoms with van der Waals surface area (Å²) in [7, 11) is 2.09. The molecule has 3 aromatic carbocycles. The first-order valence-electron chi connectivity index (χ1n) is 14.9. The number of fused-ring (bicyclic) bond motifs is 2. The zero-order valence-corrected chi connectivity index (χ0v) is 24.9. The van der Waals surface area contributed by atoms with E-state index in [4.69, 9.17) is 9.72 Å². The van der Waals surface area contributed by atoms with E-state index in [1.54, 1.807) is 49.4 Å². The molecule has 0 spiro atoms. The number of ether oxygens (including phenoxy) is 1. The van der Waals surface area contributed by atoms with Crippen molar-refractivity contribution < 1.29 is 27.8 Å². The monoisotopic (exact) mass is 612 g/mol. The van der Waals surface area contributed by atoms with Crippen molar-refractivity contribution in [2.24, 2.45) is 5.92 Å². The van der Waals surface area contributed by atoms with Crippen molar-refractivity contribution in [3.8, 4) is 17.1 Å². The van der Waals surface area contributed by atoms with E-state index in [-0.39, 0.29) is 46.8 Å². The number of pyridine rings is 1. The summed E-state index contributed by atoms with van der Waals surface area (Å²) in [5.41, 5.74) is 2.75. The van der Waals surface area contributed by atoms with Crippen LogP contribution in [0.4, 0.5) is 13.2 Å². The van der Waals surface area contributed by atoms with Crippen LogP contribution in [-0.4, -0.2) is 49.6 Å². The summed E-state index contributed by atoms with van der Waals surface area (Å²) < 4.78 is 53.1. The minimum Gasteiger partial charge on any atom is -0.478 e. The van der Waals surface area contributed by atoms with Crippen LogP contribution in [-0.2, 0) is 19.6 Å². The first kappa shape index (κ1) is 29.0. The lowest BCUT2D eigenvalue weighted by Crippen LogP contribution is -2.47. The van der Waals surface area contributed by atoms with Gasteiger partial charge in [0.2, 0.25) is 5.88 Å². The molecule has 7 nitrogen and oxygen atoms in total. The van der Waals surface area contributed by atoms with Crippen LogP contribution in [0.15, 0.2) is 66.7 Å². The molecule has 3 aliphatic rings. The Labute approximate surface area is 257 Å². The summed E-state index contributed by atoms with van der Waals surface area (Å²) >= 11 is 0. The van der Waals surface area contributed by atoms with Crippen LogP contribution in [0.1, 0.15) is 45.7 Å². The number of carboxylic acids is 1. The van der Waals surface area contributed by atoms with Gasteiger partial charge in [0.05, 0.1) is 22.3 Å². The number of likely N-dealkylation sites (N-methyl/N-ethyl adjacent to an activating group) is 1. The summed E-state index contributed by atoms with van der Waals surface area (Å²) in [5.74, 6) is -1.38. The lowest BCUT2D eigenvalue weighted by molar-refractivity contribution is 0.0697. The maximum atomic E-state index is 15.7. The number of carbonyl (C=O) groups is 1. The number of carboxylic acid groups (broad SMARTS) is 1. The van der Waals surface area contributed by atoms with Gasteiger partial charge in [0.25, 0.3) is 0 Å². The van der Waals surface area contributed by atoms with Gasteiger partial charge in [-0.3, -0.25) is 4.90 Å². The number of aryl methyl sites for hydroxylation is 1.